The summed E-state index contributed by atoms with van der Waals surface area (Å²) in [6, 6.07) is 0. The molecule has 0 aliphatic rings. The van der Waals surface area contributed by atoms with Crippen molar-refractivity contribution in [1.29, 1.82) is 0 Å². The molecule has 0 amide bonds. The van der Waals surface area contributed by atoms with Gasteiger partial charge in [0, 0.05) is 5.88 Å². The number of alkyl halides is 1. The predicted molar refractivity (Wildman–Crippen MR) is 50.2 cm³/mol. The Bertz CT molecular complexity index is 119. The van der Waals surface area contributed by atoms with Crippen LogP contribution in [0.15, 0.2) is 11.6 Å². The Morgan fingerprint density at radius 1 is 1.55 bits per heavy atom. The molecule has 0 aromatic carbocycles. The summed E-state index contributed by atoms with van der Waals surface area (Å²) in [5, 5.41) is 0. The van der Waals surface area contributed by atoms with Gasteiger partial charge in [-0.3, -0.25) is 0 Å². The van der Waals surface area contributed by atoms with Crippen molar-refractivity contribution in [2.45, 2.75) is 33.3 Å². The van der Waals surface area contributed by atoms with Crippen LogP contribution < -0.4 is 0 Å². The van der Waals surface area contributed by atoms with Crippen LogP contribution in [0.1, 0.15) is 27.2 Å². The van der Waals surface area contributed by atoms with Gasteiger partial charge in [-0.1, -0.05) is 11.6 Å². The Labute approximate surface area is 74.4 Å². The molecule has 0 atom stereocenters. The van der Waals surface area contributed by atoms with Crippen molar-refractivity contribution in [3.8, 4) is 0 Å². The van der Waals surface area contributed by atoms with Gasteiger partial charge in [0.25, 0.3) is 0 Å². The second-order valence-corrected chi connectivity index (χ2v) is 3.18. The highest BCUT2D eigenvalue weighted by atomic mass is 35.5. The van der Waals surface area contributed by atoms with Crippen molar-refractivity contribution >= 4 is 11.6 Å². The zero-order chi connectivity index (χ0) is 8.69. The first-order valence-electron chi connectivity index (χ1n) is 4.00. The zero-order valence-electron chi connectivity index (χ0n) is 7.56. The average Bonchev–Trinajstić information content (AvgIpc) is 1.87. The molecule has 0 bridgehead atoms. The number of rotatable bonds is 5. The van der Waals surface area contributed by atoms with E-state index in [9.17, 15) is 0 Å². The lowest BCUT2D eigenvalue weighted by Crippen LogP contribution is -2.03. The molecule has 0 aromatic heterocycles. The predicted octanol–water partition coefficient (Wildman–Crippen LogP) is 2.99. The van der Waals surface area contributed by atoms with Crippen LogP contribution in [-0.4, -0.2) is 18.6 Å². The van der Waals surface area contributed by atoms with Gasteiger partial charge in [-0.2, -0.15) is 0 Å². The summed E-state index contributed by atoms with van der Waals surface area (Å²) >= 11 is 5.52. The van der Waals surface area contributed by atoms with Gasteiger partial charge in [-0.05, 0) is 27.2 Å². The van der Waals surface area contributed by atoms with E-state index in [2.05, 4.69) is 6.92 Å². The van der Waals surface area contributed by atoms with Crippen LogP contribution in [0, 0.1) is 0 Å². The quantitative estimate of drug-likeness (QED) is 0.462. The summed E-state index contributed by atoms with van der Waals surface area (Å²) in [7, 11) is 0. The molecule has 2 heteroatoms. The minimum absolute atomic E-state index is 0.332. The number of halogens is 1. The summed E-state index contributed by atoms with van der Waals surface area (Å²) in [4.78, 5) is 0. The molecular formula is C9H17ClO. The number of allylic oxidation sites excluding steroid dienone is 1. The molecule has 0 N–H and O–H groups in total. The Morgan fingerprint density at radius 3 is 2.64 bits per heavy atom. The van der Waals surface area contributed by atoms with Crippen molar-refractivity contribution in [3.05, 3.63) is 11.6 Å². The lowest BCUT2D eigenvalue weighted by molar-refractivity contribution is 0.0813. The van der Waals surface area contributed by atoms with E-state index < -0.39 is 0 Å². The summed E-state index contributed by atoms with van der Waals surface area (Å²) in [6.07, 6.45) is 3.34. The molecule has 0 rings (SSSR count). The van der Waals surface area contributed by atoms with Crippen molar-refractivity contribution < 1.29 is 4.74 Å². The molecule has 0 saturated carbocycles. The maximum Gasteiger partial charge on any atom is 0.0519 e. The fourth-order valence-corrected chi connectivity index (χ4v) is 0.953. The Kier molecular flexibility index (Phi) is 6.68. The molecule has 0 heterocycles. The van der Waals surface area contributed by atoms with Crippen LogP contribution in [0.4, 0.5) is 0 Å². The van der Waals surface area contributed by atoms with E-state index in [1.807, 2.05) is 19.9 Å². The highest BCUT2D eigenvalue weighted by Gasteiger charge is 1.93. The van der Waals surface area contributed by atoms with Gasteiger partial charge >= 0.3 is 0 Å². The topological polar surface area (TPSA) is 9.23 Å². The third-order valence-corrected chi connectivity index (χ3v) is 1.53. The third-order valence-electron chi connectivity index (χ3n) is 1.37. The third kappa shape index (κ3) is 7.89. The van der Waals surface area contributed by atoms with Crippen LogP contribution >= 0.6 is 11.6 Å². The van der Waals surface area contributed by atoms with Crippen LogP contribution in [0.25, 0.3) is 0 Å². The van der Waals surface area contributed by atoms with E-state index in [4.69, 9.17) is 16.3 Å². The van der Waals surface area contributed by atoms with Crippen molar-refractivity contribution in [3.63, 3.8) is 0 Å². The molecule has 0 fully saturated rings. The first-order chi connectivity index (χ1) is 5.16. The number of hydrogen-bond donors (Lipinski definition) is 0. The van der Waals surface area contributed by atoms with E-state index >= 15 is 0 Å². The minimum Gasteiger partial charge on any atom is -0.378 e. The fraction of sp³-hybridized carbons (Fsp3) is 0.778. The molecule has 11 heavy (non-hydrogen) atoms. The summed E-state index contributed by atoms with van der Waals surface area (Å²) in [5.74, 6) is 0.605. The van der Waals surface area contributed by atoms with Gasteiger partial charge in [-0.15, -0.1) is 11.6 Å². The molecule has 0 aliphatic carbocycles. The van der Waals surface area contributed by atoms with Gasteiger partial charge < -0.3 is 4.74 Å². The van der Waals surface area contributed by atoms with Crippen molar-refractivity contribution in [2.24, 2.45) is 0 Å². The summed E-state index contributed by atoms with van der Waals surface area (Å²) < 4.78 is 5.37. The molecular weight excluding hydrogens is 160 g/mol. The maximum absolute atomic E-state index is 5.52. The highest BCUT2D eigenvalue weighted by molar-refractivity contribution is 6.18. The Morgan fingerprint density at radius 2 is 2.18 bits per heavy atom. The smallest absolute Gasteiger partial charge is 0.0519 e. The molecule has 66 valence electrons. The standard InChI is InChI=1S/C9H17ClO/c1-8(2)11-7-5-9(3)4-6-10/h4,8H,5-7H2,1-3H3/b9-4+. The monoisotopic (exact) mass is 176 g/mol. The van der Waals surface area contributed by atoms with Gasteiger partial charge in [0.1, 0.15) is 0 Å². The van der Waals surface area contributed by atoms with E-state index in [0.29, 0.717) is 12.0 Å². The molecule has 0 radical (unpaired) electrons. The zero-order valence-corrected chi connectivity index (χ0v) is 8.32. The van der Waals surface area contributed by atoms with E-state index in [0.717, 1.165) is 13.0 Å². The minimum atomic E-state index is 0.332. The van der Waals surface area contributed by atoms with Crippen LogP contribution in [-0.2, 0) is 4.74 Å². The molecule has 0 spiro atoms. The van der Waals surface area contributed by atoms with Gasteiger partial charge in [0.2, 0.25) is 0 Å². The Hall–Kier alpha value is -0.0100. The van der Waals surface area contributed by atoms with Crippen LogP contribution in [0.2, 0.25) is 0 Å². The second kappa shape index (κ2) is 6.68. The lowest BCUT2D eigenvalue weighted by atomic mass is 10.2. The van der Waals surface area contributed by atoms with E-state index in [1.165, 1.54) is 5.57 Å². The molecule has 0 unspecified atom stereocenters. The maximum atomic E-state index is 5.52. The number of hydrogen-bond acceptors (Lipinski definition) is 1. The summed E-state index contributed by atoms with van der Waals surface area (Å²) in [5.41, 5.74) is 1.31. The highest BCUT2D eigenvalue weighted by Crippen LogP contribution is 2.01. The van der Waals surface area contributed by atoms with Crippen LogP contribution in [0.5, 0.6) is 0 Å². The molecule has 0 aromatic rings. The summed E-state index contributed by atoms with van der Waals surface area (Å²) in [6.45, 7) is 6.96. The molecule has 1 nitrogen and oxygen atoms in total. The molecule has 0 saturated heterocycles. The van der Waals surface area contributed by atoms with Gasteiger partial charge in [0.05, 0.1) is 12.7 Å². The number of ether oxygens (including phenoxy) is 1. The van der Waals surface area contributed by atoms with E-state index in [1.54, 1.807) is 0 Å². The van der Waals surface area contributed by atoms with Crippen molar-refractivity contribution in [2.75, 3.05) is 12.5 Å². The van der Waals surface area contributed by atoms with Gasteiger partial charge in [0.15, 0.2) is 0 Å². The first kappa shape index (κ1) is 11.0. The second-order valence-electron chi connectivity index (χ2n) is 2.87. The largest absolute Gasteiger partial charge is 0.378 e. The normalized spacial score (nSPS) is 12.6. The van der Waals surface area contributed by atoms with E-state index in [-0.39, 0.29) is 0 Å². The Balaban J connectivity index is 3.31. The average molecular weight is 177 g/mol. The fourth-order valence-electron chi connectivity index (χ4n) is 0.689. The SMILES string of the molecule is C/C(=C\CCl)CCOC(C)C. The molecule has 0 aliphatic heterocycles. The first-order valence-corrected chi connectivity index (χ1v) is 4.53. The lowest BCUT2D eigenvalue weighted by Gasteiger charge is -2.06. The van der Waals surface area contributed by atoms with Crippen LogP contribution in [0.3, 0.4) is 0 Å². The van der Waals surface area contributed by atoms with Gasteiger partial charge in [-0.25, -0.2) is 0 Å². The van der Waals surface area contributed by atoms with Crippen molar-refractivity contribution in [1.82, 2.24) is 0 Å².